The Morgan fingerprint density at radius 2 is 1.80 bits per heavy atom. The first-order chi connectivity index (χ1) is 23.0. The number of unbranched alkanes of at least 4 members (excludes halogenated alkanes) is 1. The van der Waals surface area contributed by atoms with E-state index in [4.69, 9.17) is 9.47 Å². The van der Waals surface area contributed by atoms with Crippen LogP contribution in [0.2, 0.25) is 0 Å². The number of nitrogens with zero attached hydrogens (tertiary/aromatic N) is 5. The van der Waals surface area contributed by atoms with Gasteiger partial charge in [0.1, 0.15) is 5.82 Å². The van der Waals surface area contributed by atoms with Crippen molar-refractivity contribution in [2.24, 2.45) is 5.41 Å². The molecule has 3 aromatic rings. The van der Waals surface area contributed by atoms with E-state index in [1.54, 1.807) is 26.2 Å². The van der Waals surface area contributed by atoms with Gasteiger partial charge in [-0.2, -0.15) is 0 Å². The van der Waals surface area contributed by atoms with Crippen molar-refractivity contribution in [2.75, 3.05) is 40.1 Å². The van der Waals surface area contributed by atoms with E-state index in [-0.39, 0.29) is 43.1 Å². The highest BCUT2D eigenvalue weighted by atomic mass is 19.1. The van der Waals surface area contributed by atoms with Crippen LogP contribution in [0.1, 0.15) is 64.6 Å². The first-order valence-corrected chi connectivity index (χ1v) is 16.1. The van der Waals surface area contributed by atoms with Crippen molar-refractivity contribution in [1.29, 1.82) is 0 Å². The number of carbonyl (C=O) groups excluding carboxylic acids is 4. The maximum absolute atomic E-state index is 14.8. The van der Waals surface area contributed by atoms with Crippen LogP contribution < -0.4 is 10.9 Å². The van der Waals surface area contributed by atoms with Crippen molar-refractivity contribution in [3.05, 3.63) is 70.2 Å². The number of hydrogen-bond donors (Lipinski definition) is 1. The van der Waals surface area contributed by atoms with Crippen molar-refractivity contribution < 1.29 is 33.0 Å². The molecule has 266 valence electrons. The molecule has 0 aliphatic carbocycles. The highest BCUT2D eigenvalue weighted by Crippen LogP contribution is 2.31. The van der Waals surface area contributed by atoms with Gasteiger partial charge in [0, 0.05) is 46.0 Å². The quantitative estimate of drug-likeness (QED) is 0.192. The van der Waals surface area contributed by atoms with Gasteiger partial charge in [-0.05, 0) is 60.9 Å². The average Bonchev–Trinajstić information content (AvgIpc) is 3.37. The summed E-state index contributed by atoms with van der Waals surface area (Å²) in [6, 6.07) is 4.39. The van der Waals surface area contributed by atoms with Crippen LogP contribution in [0.5, 0.6) is 0 Å². The van der Waals surface area contributed by atoms with Gasteiger partial charge < -0.3 is 29.2 Å². The molecule has 0 spiro atoms. The lowest BCUT2D eigenvalue weighted by Gasteiger charge is -2.20. The van der Waals surface area contributed by atoms with E-state index in [0.29, 0.717) is 35.0 Å². The lowest BCUT2D eigenvalue weighted by molar-refractivity contribution is -0.125. The Bertz CT molecular complexity index is 1750. The Balaban J connectivity index is 1.98. The second-order valence-corrected chi connectivity index (χ2v) is 13.4. The third kappa shape index (κ3) is 10.7. The third-order valence-electron chi connectivity index (χ3n) is 7.33. The van der Waals surface area contributed by atoms with Crippen LogP contribution in [0, 0.1) is 11.2 Å². The minimum atomic E-state index is -1.31. The fraction of sp³-hybridized carbons (Fsp3) is 0.486. The molecule has 1 aromatic carbocycles. The molecule has 1 unspecified atom stereocenters. The molecule has 0 fully saturated rings. The Morgan fingerprint density at radius 3 is 2.43 bits per heavy atom. The van der Waals surface area contributed by atoms with Crippen molar-refractivity contribution in [2.45, 2.75) is 72.4 Å². The largest absolute Gasteiger partial charge is 0.449 e. The fourth-order valence-electron chi connectivity index (χ4n) is 4.93. The fourth-order valence-corrected chi connectivity index (χ4v) is 4.93. The number of nitrogens with one attached hydrogen (secondary N) is 1. The summed E-state index contributed by atoms with van der Waals surface area (Å²) in [6.45, 7) is 8.07. The van der Waals surface area contributed by atoms with Crippen LogP contribution in [0.25, 0.3) is 10.9 Å². The van der Waals surface area contributed by atoms with E-state index in [0.717, 1.165) is 11.3 Å². The van der Waals surface area contributed by atoms with Gasteiger partial charge >= 0.3 is 12.2 Å². The Labute approximate surface area is 285 Å². The molecule has 1 atom stereocenters. The summed E-state index contributed by atoms with van der Waals surface area (Å²) in [5, 5.41) is 2.94. The first kappa shape index (κ1) is 38.4. The normalized spacial score (nSPS) is 12.2. The summed E-state index contributed by atoms with van der Waals surface area (Å²) in [6.07, 6.45) is 5.08. The first-order valence-electron chi connectivity index (χ1n) is 16.1. The second kappa shape index (κ2) is 16.9. The smallest absolute Gasteiger partial charge is 0.418 e. The minimum absolute atomic E-state index is 0.0252. The van der Waals surface area contributed by atoms with Crippen LogP contribution in [0.4, 0.5) is 19.8 Å². The number of amides is 3. The van der Waals surface area contributed by atoms with E-state index >= 15 is 0 Å². The zero-order valence-corrected chi connectivity index (χ0v) is 29.5. The monoisotopic (exact) mass is 682 g/mol. The van der Waals surface area contributed by atoms with Crippen molar-refractivity contribution in [3.63, 3.8) is 0 Å². The molecule has 0 saturated heterocycles. The number of allylic oxidation sites excluding steroid dienone is 1. The summed E-state index contributed by atoms with van der Waals surface area (Å²) in [5.41, 5.74) is 0.559. The van der Waals surface area contributed by atoms with Crippen molar-refractivity contribution >= 4 is 40.7 Å². The number of anilines is 1. The topological polar surface area (TPSA) is 145 Å². The Kier molecular flexibility index (Phi) is 13.2. The van der Waals surface area contributed by atoms with Gasteiger partial charge in [-0.3, -0.25) is 14.4 Å². The van der Waals surface area contributed by atoms with Crippen LogP contribution >= 0.6 is 0 Å². The van der Waals surface area contributed by atoms with E-state index in [9.17, 15) is 28.4 Å². The molecule has 0 bridgehead atoms. The number of aromatic nitrogens is 3. The minimum Gasteiger partial charge on any atom is -0.449 e. The molecule has 13 nitrogen and oxygen atoms in total. The van der Waals surface area contributed by atoms with E-state index in [1.165, 1.54) is 58.7 Å². The van der Waals surface area contributed by atoms with Gasteiger partial charge in [-0.15, -0.1) is 0 Å². The predicted molar refractivity (Wildman–Crippen MR) is 184 cm³/mol. The van der Waals surface area contributed by atoms with E-state index in [1.807, 2.05) is 27.7 Å². The molecule has 0 aliphatic heterocycles. The highest BCUT2D eigenvalue weighted by Gasteiger charge is 2.26. The molecular formula is C35H47FN6O7. The molecular weight excluding hydrogens is 635 g/mol. The lowest BCUT2D eigenvalue weighted by Crippen LogP contribution is -2.38. The summed E-state index contributed by atoms with van der Waals surface area (Å²) in [4.78, 5) is 71.2. The number of halogens is 1. The number of ether oxygens (including phenoxy) is 2. The van der Waals surface area contributed by atoms with Gasteiger partial charge in [-0.25, -0.2) is 23.5 Å². The van der Waals surface area contributed by atoms with Crippen molar-refractivity contribution in [1.82, 2.24) is 23.9 Å². The third-order valence-corrected chi connectivity index (χ3v) is 7.33. The Morgan fingerprint density at radius 1 is 1.08 bits per heavy atom. The van der Waals surface area contributed by atoms with Crippen LogP contribution in [-0.2, 0) is 32.0 Å². The number of benzene rings is 1. The number of fused-ring (bicyclic) bond motifs is 1. The maximum Gasteiger partial charge on any atom is 0.418 e. The number of carbonyl (C=O) groups is 4. The van der Waals surface area contributed by atoms with Gasteiger partial charge in [0.25, 0.3) is 11.5 Å². The zero-order chi connectivity index (χ0) is 36.5. The molecule has 49 heavy (non-hydrogen) atoms. The molecule has 0 aliphatic rings. The average molecular weight is 683 g/mol. The second-order valence-electron chi connectivity index (χ2n) is 13.4. The lowest BCUT2D eigenvalue weighted by atomic mass is 9.87. The summed E-state index contributed by atoms with van der Waals surface area (Å²) >= 11 is 0. The summed E-state index contributed by atoms with van der Waals surface area (Å²) in [7, 11) is 6.13. The number of hydrogen-bond acceptors (Lipinski definition) is 8. The molecule has 2 heterocycles. The van der Waals surface area contributed by atoms with Gasteiger partial charge in [0.05, 0.1) is 24.4 Å². The van der Waals surface area contributed by atoms with Crippen LogP contribution in [0.15, 0.2) is 47.5 Å². The SMILES string of the molecule is CCCCOC(=O)n1c(Cn2ccnc(NC(=O)C(CC/C=C/C(=O)N(C)C)OC(=O)N(C)C)c2=O)cc2cc(F)cc(CC(C)(C)C)c21. The van der Waals surface area contributed by atoms with Crippen LogP contribution in [0.3, 0.4) is 0 Å². The van der Waals surface area contributed by atoms with E-state index < -0.39 is 35.6 Å². The highest BCUT2D eigenvalue weighted by molar-refractivity contribution is 5.95. The van der Waals surface area contributed by atoms with E-state index in [2.05, 4.69) is 10.3 Å². The molecule has 3 amide bonds. The standard InChI is InChI=1S/C35H47FN6O7/c1-9-10-17-48-34(47)42-26(20-23-18-25(36)19-24(29(23)42)21-35(2,3)4)22-41-16-15-37-30(32(41)45)38-31(44)27(49-33(46)40(7)8)13-11-12-14-28(43)39(5)6/h12,14-16,18-20,27H,9-11,13,17,21-22H2,1-8H3,(H,37,38,44)/b14-12+. The predicted octanol–water partition coefficient (Wildman–Crippen LogP) is 5.19. The molecule has 1 N–H and O–H groups in total. The van der Waals surface area contributed by atoms with Crippen LogP contribution in [-0.4, -0.2) is 88.8 Å². The molecule has 14 heteroatoms. The molecule has 0 saturated carbocycles. The number of rotatable bonds is 13. The Hall–Kier alpha value is -5.01. The van der Waals surface area contributed by atoms with Gasteiger partial charge in [-0.1, -0.05) is 40.2 Å². The molecule has 0 radical (unpaired) electrons. The summed E-state index contributed by atoms with van der Waals surface area (Å²) < 4.78 is 28.4. The molecule has 2 aromatic heterocycles. The summed E-state index contributed by atoms with van der Waals surface area (Å²) in [5.74, 6) is -1.82. The zero-order valence-electron chi connectivity index (χ0n) is 29.5. The number of likely N-dealkylation sites (N-methyl/N-ethyl adjacent to an activating group) is 1. The van der Waals surface area contributed by atoms with Crippen molar-refractivity contribution in [3.8, 4) is 0 Å². The maximum atomic E-state index is 14.8. The van der Waals surface area contributed by atoms with Gasteiger partial charge in [0.15, 0.2) is 11.9 Å². The van der Waals surface area contributed by atoms with Gasteiger partial charge in [0.2, 0.25) is 5.91 Å². The molecule has 3 rings (SSSR count).